The first-order valence-corrected chi connectivity index (χ1v) is 7.54. The Labute approximate surface area is 120 Å². The topological polar surface area (TPSA) is 38.3 Å². The molecule has 108 valence electrons. The van der Waals surface area contributed by atoms with Crippen LogP contribution in [0.3, 0.4) is 0 Å². The van der Waals surface area contributed by atoms with Crippen molar-refractivity contribution in [2.75, 3.05) is 0 Å². The highest BCUT2D eigenvalue weighted by molar-refractivity contribution is 5.68. The van der Waals surface area contributed by atoms with Gasteiger partial charge in [-0.3, -0.25) is 0 Å². The number of hydrogen-bond acceptors (Lipinski definition) is 2. The van der Waals surface area contributed by atoms with Gasteiger partial charge in [0.1, 0.15) is 6.61 Å². The Kier molecular flexibility index (Phi) is 3.45. The zero-order valence-corrected chi connectivity index (χ0v) is 12.3. The second kappa shape index (κ2) is 5.12. The highest BCUT2D eigenvalue weighted by Gasteiger charge is 2.53. The lowest BCUT2D eigenvalue weighted by Gasteiger charge is -2.38. The monoisotopic (exact) mass is 273 g/mol. The molecule has 1 aromatic carbocycles. The predicted octanol–water partition coefficient (Wildman–Crippen LogP) is 3.74. The van der Waals surface area contributed by atoms with Gasteiger partial charge in [0.15, 0.2) is 0 Å². The molecule has 3 rings (SSSR count). The van der Waals surface area contributed by atoms with Gasteiger partial charge in [-0.2, -0.15) is 0 Å². The van der Waals surface area contributed by atoms with Crippen molar-refractivity contribution in [1.82, 2.24) is 5.32 Å². The van der Waals surface area contributed by atoms with Crippen LogP contribution >= 0.6 is 0 Å². The van der Waals surface area contributed by atoms with E-state index in [1.807, 2.05) is 30.3 Å². The van der Waals surface area contributed by atoms with E-state index >= 15 is 0 Å². The Morgan fingerprint density at radius 3 is 2.70 bits per heavy atom. The Hall–Kier alpha value is -1.51. The van der Waals surface area contributed by atoms with Gasteiger partial charge in [0.25, 0.3) is 0 Å². The predicted molar refractivity (Wildman–Crippen MR) is 78.2 cm³/mol. The zero-order chi connectivity index (χ0) is 14.2. The average Bonchev–Trinajstić information content (AvgIpc) is 3.00. The van der Waals surface area contributed by atoms with Crippen LogP contribution in [0.5, 0.6) is 0 Å². The summed E-state index contributed by atoms with van der Waals surface area (Å²) in [6, 6.07) is 10.1. The summed E-state index contributed by atoms with van der Waals surface area (Å²) >= 11 is 0. The molecule has 0 radical (unpaired) electrons. The summed E-state index contributed by atoms with van der Waals surface area (Å²) in [6.07, 6.45) is 3.54. The van der Waals surface area contributed by atoms with Crippen LogP contribution in [0.25, 0.3) is 0 Å². The van der Waals surface area contributed by atoms with E-state index in [1.54, 1.807) is 0 Å². The molecule has 0 heterocycles. The summed E-state index contributed by atoms with van der Waals surface area (Å²) in [4.78, 5) is 12.0. The van der Waals surface area contributed by atoms with Gasteiger partial charge < -0.3 is 10.1 Å². The van der Waals surface area contributed by atoms with E-state index in [0.29, 0.717) is 12.5 Å². The summed E-state index contributed by atoms with van der Waals surface area (Å²) in [5, 5.41) is 3.11. The van der Waals surface area contributed by atoms with Gasteiger partial charge in [-0.05, 0) is 42.1 Å². The fraction of sp³-hybridized carbons (Fsp3) is 0.588. The summed E-state index contributed by atoms with van der Waals surface area (Å²) in [5.74, 6) is 1.39. The molecule has 0 spiro atoms. The van der Waals surface area contributed by atoms with Crippen LogP contribution in [0.1, 0.15) is 38.7 Å². The summed E-state index contributed by atoms with van der Waals surface area (Å²) < 4.78 is 5.34. The molecule has 1 amide bonds. The second-order valence-electron chi connectivity index (χ2n) is 6.78. The van der Waals surface area contributed by atoms with Crippen molar-refractivity contribution in [3.8, 4) is 0 Å². The van der Waals surface area contributed by atoms with Gasteiger partial charge in [0.05, 0.1) is 0 Å². The molecule has 2 aliphatic carbocycles. The van der Waals surface area contributed by atoms with Gasteiger partial charge in [-0.25, -0.2) is 4.79 Å². The van der Waals surface area contributed by atoms with Crippen LogP contribution in [-0.2, 0) is 11.3 Å². The van der Waals surface area contributed by atoms with E-state index in [4.69, 9.17) is 4.74 Å². The number of rotatable bonds is 3. The number of hydrogen-bond donors (Lipinski definition) is 1. The molecular weight excluding hydrogens is 250 g/mol. The number of ether oxygens (including phenoxy) is 1. The first-order chi connectivity index (χ1) is 9.57. The molecule has 2 saturated carbocycles. The number of benzene rings is 1. The molecule has 2 bridgehead atoms. The lowest BCUT2D eigenvalue weighted by molar-refractivity contribution is 0.106. The van der Waals surface area contributed by atoms with Gasteiger partial charge >= 0.3 is 6.09 Å². The molecule has 1 N–H and O–H groups in total. The van der Waals surface area contributed by atoms with Crippen LogP contribution < -0.4 is 5.32 Å². The first-order valence-electron chi connectivity index (χ1n) is 7.54. The summed E-state index contributed by atoms with van der Waals surface area (Å²) in [7, 11) is 0. The third kappa shape index (κ3) is 2.41. The van der Waals surface area contributed by atoms with E-state index in [1.165, 1.54) is 19.3 Å². The quantitative estimate of drug-likeness (QED) is 0.911. The number of nitrogens with one attached hydrogen (secondary N) is 1. The van der Waals surface area contributed by atoms with Crippen molar-refractivity contribution in [2.24, 2.45) is 17.3 Å². The average molecular weight is 273 g/mol. The zero-order valence-electron chi connectivity index (χ0n) is 12.3. The second-order valence-corrected chi connectivity index (χ2v) is 6.78. The first kappa shape index (κ1) is 13.5. The summed E-state index contributed by atoms with van der Waals surface area (Å²) in [5.41, 5.74) is 1.23. The molecule has 20 heavy (non-hydrogen) atoms. The fourth-order valence-electron chi connectivity index (χ4n) is 4.05. The number of fused-ring (bicyclic) bond motifs is 2. The largest absolute Gasteiger partial charge is 0.445 e. The van der Waals surface area contributed by atoms with Crippen molar-refractivity contribution < 1.29 is 9.53 Å². The lowest BCUT2D eigenvalue weighted by atomic mass is 9.73. The number of carbonyl (C=O) groups is 1. The van der Waals surface area contributed by atoms with E-state index in [-0.39, 0.29) is 17.6 Å². The van der Waals surface area contributed by atoms with Crippen molar-refractivity contribution in [1.29, 1.82) is 0 Å². The Morgan fingerprint density at radius 2 is 2.05 bits per heavy atom. The normalized spacial score (nSPS) is 30.2. The van der Waals surface area contributed by atoms with Gasteiger partial charge in [0, 0.05) is 6.04 Å². The molecule has 2 fully saturated rings. The van der Waals surface area contributed by atoms with Crippen LogP contribution in [0.2, 0.25) is 0 Å². The van der Waals surface area contributed by atoms with E-state index < -0.39 is 0 Å². The third-order valence-corrected chi connectivity index (χ3v) is 5.28. The van der Waals surface area contributed by atoms with Crippen LogP contribution in [0.15, 0.2) is 30.3 Å². The Balaban J connectivity index is 1.54. The Bertz CT molecular complexity index is 483. The van der Waals surface area contributed by atoms with E-state index in [9.17, 15) is 4.79 Å². The number of amides is 1. The van der Waals surface area contributed by atoms with Crippen LogP contribution in [-0.4, -0.2) is 12.1 Å². The van der Waals surface area contributed by atoms with Crippen molar-refractivity contribution >= 4 is 6.09 Å². The highest BCUT2D eigenvalue weighted by atomic mass is 16.5. The highest BCUT2D eigenvalue weighted by Crippen LogP contribution is 2.55. The molecule has 0 saturated heterocycles. The van der Waals surface area contributed by atoms with Crippen molar-refractivity contribution in [3.63, 3.8) is 0 Å². The molecule has 1 aromatic rings. The number of alkyl carbamates (subject to hydrolysis) is 1. The fourth-order valence-corrected chi connectivity index (χ4v) is 4.05. The molecule has 2 aliphatic rings. The van der Waals surface area contributed by atoms with Crippen molar-refractivity contribution in [2.45, 2.75) is 45.8 Å². The summed E-state index contributed by atoms with van der Waals surface area (Å²) in [6.45, 7) is 4.89. The maximum Gasteiger partial charge on any atom is 0.407 e. The molecule has 3 heteroatoms. The molecular formula is C17H23NO2. The number of carbonyl (C=O) groups excluding carboxylic acids is 1. The van der Waals surface area contributed by atoms with Gasteiger partial charge in [-0.15, -0.1) is 0 Å². The molecule has 0 aromatic heterocycles. The Morgan fingerprint density at radius 1 is 1.30 bits per heavy atom. The smallest absolute Gasteiger partial charge is 0.407 e. The SMILES string of the molecule is CC1(C)[C@H]2CC[C@H](C2)[C@H]1NC(=O)OCc1ccccc1. The molecule has 0 aliphatic heterocycles. The van der Waals surface area contributed by atoms with Crippen LogP contribution in [0, 0.1) is 17.3 Å². The standard InChI is InChI=1S/C17H23NO2/c1-17(2)14-9-8-13(10-14)15(17)18-16(19)20-11-12-6-4-3-5-7-12/h3-7,13-15H,8-11H2,1-2H3,(H,18,19)/t13-,14+,15-/m1/s1. The van der Waals surface area contributed by atoms with E-state index in [0.717, 1.165) is 11.5 Å². The maximum atomic E-state index is 12.0. The van der Waals surface area contributed by atoms with Crippen molar-refractivity contribution in [3.05, 3.63) is 35.9 Å². The minimum Gasteiger partial charge on any atom is -0.445 e. The van der Waals surface area contributed by atoms with Gasteiger partial charge in [0.2, 0.25) is 0 Å². The lowest BCUT2D eigenvalue weighted by Crippen LogP contribution is -2.48. The van der Waals surface area contributed by atoms with Gasteiger partial charge in [-0.1, -0.05) is 44.2 Å². The van der Waals surface area contributed by atoms with Crippen LogP contribution in [0.4, 0.5) is 4.79 Å². The molecule has 3 atom stereocenters. The molecule has 3 nitrogen and oxygen atoms in total. The van der Waals surface area contributed by atoms with E-state index in [2.05, 4.69) is 19.2 Å². The maximum absolute atomic E-state index is 12.0. The minimum absolute atomic E-state index is 0.203. The third-order valence-electron chi connectivity index (χ3n) is 5.28. The minimum atomic E-state index is -0.278. The molecule has 0 unspecified atom stereocenters.